The topological polar surface area (TPSA) is 311 Å². The average molecular weight is 979 g/mol. The number of fused-ring (bicyclic) bond motifs is 1. The number of nitrogens with one attached hydrogen (secondary N) is 4. The Morgan fingerprint density at radius 1 is 0.838 bits per heavy atom. The average Bonchev–Trinajstić information content (AvgIpc) is 4.07. The van der Waals surface area contributed by atoms with Crippen LogP contribution in [0.25, 0.3) is 0 Å². The zero-order chi connectivity index (χ0) is 49.3. The van der Waals surface area contributed by atoms with Crippen LogP contribution in [0.2, 0.25) is 0 Å². The lowest BCUT2D eigenvalue weighted by molar-refractivity contribution is -0.163. The van der Waals surface area contributed by atoms with E-state index >= 15 is 0 Å². The summed E-state index contributed by atoms with van der Waals surface area (Å²) in [5, 5.41) is 61.6. The number of carbonyl (C=O) groups excluding carboxylic acids is 4. The van der Waals surface area contributed by atoms with Gasteiger partial charge in [0.05, 0.1) is 47.3 Å². The quantitative estimate of drug-likeness (QED) is 0.0722. The van der Waals surface area contributed by atoms with Crippen LogP contribution in [0, 0.1) is 29.6 Å². The third kappa shape index (κ3) is 10.4. The van der Waals surface area contributed by atoms with Gasteiger partial charge in [-0.05, 0) is 81.2 Å². The van der Waals surface area contributed by atoms with E-state index < -0.39 is 102 Å². The first-order valence-electron chi connectivity index (χ1n) is 22.3. The van der Waals surface area contributed by atoms with Gasteiger partial charge in [-0.3, -0.25) is 24.2 Å². The Hall–Kier alpha value is -5.81. The number of ether oxygens (including phenoxy) is 1. The summed E-state index contributed by atoms with van der Waals surface area (Å²) in [6.45, 7) is 7.35. The van der Waals surface area contributed by atoms with Crippen molar-refractivity contribution in [2.75, 3.05) is 29.5 Å². The fourth-order valence-corrected chi connectivity index (χ4v) is 12.7. The van der Waals surface area contributed by atoms with Crippen molar-refractivity contribution in [3.8, 4) is 0 Å². The number of hydrogen-bond acceptors (Lipinski definition) is 15. The second-order valence-electron chi connectivity index (χ2n) is 17.9. The molecule has 364 valence electrons. The SMILES string of the molecule is CC(O)C1C(=O)N2C(C(=O)O)=C(SC3CNC(C(=O)Nc4cccc(C(=O)OC(C)C(C(=O)O)C5N=C(C(=O)O)C(CCSC6CNC(C(=O)Nc7cccc(C(=O)O)c7)C6)C5C)c4)C3)C(C)[C@H]12. The van der Waals surface area contributed by atoms with Gasteiger partial charge in [-0.15, -0.1) is 11.8 Å². The standard InChI is InChI=1S/C46H54N6O14S2/c1-19-29(11-12-67-27-15-30(47-17-27)39(54)49-25-9-5-7-23(13-25)42(57)58)35(44(61)62)51-34(19)33(43(59)60)22(4)66-46(65)24-8-6-10-26(14-24)50-40(55)31-16-28(18-48-31)68-38-20(2)36-32(21(3)53)41(56)52(36)37(38)45(63)64/h5-10,13-14,19-22,27-34,36,47-48,53H,11-12,15-18H2,1-4H3,(H,49,54)(H,50,55)(H,57,58)(H,59,60)(H,61,62)(H,63,64)/t19?,20?,21?,22?,27?,28?,29?,30?,31?,32?,33?,34?,36-/m1/s1. The van der Waals surface area contributed by atoms with Crippen LogP contribution in [0.1, 0.15) is 67.7 Å². The van der Waals surface area contributed by atoms with Crippen molar-refractivity contribution in [2.45, 2.75) is 93.8 Å². The zero-order valence-corrected chi connectivity index (χ0v) is 39.1. The molecular weight excluding hydrogens is 925 g/mol. The predicted molar refractivity (Wildman–Crippen MR) is 249 cm³/mol. The van der Waals surface area contributed by atoms with Gasteiger partial charge >= 0.3 is 29.8 Å². The molecule has 3 fully saturated rings. The van der Waals surface area contributed by atoms with Gasteiger partial charge in [0, 0.05) is 51.7 Å². The third-order valence-electron chi connectivity index (χ3n) is 13.4. The number of amides is 3. The number of aliphatic carboxylic acids is 3. The van der Waals surface area contributed by atoms with Crippen molar-refractivity contribution in [2.24, 2.45) is 34.6 Å². The summed E-state index contributed by atoms with van der Waals surface area (Å²) in [5.74, 6) is -10.1. The fraction of sp³-hybridized carbons (Fsp3) is 0.500. The van der Waals surface area contributed by atoms with E-state index in [4.69, 9.17) is 4.74 Å². The molecule has 0 saturated carbocycles. The van der Waals surface area contributed by atoms with Crippen LogP contribution < -0.4 is 21.3 Å². The lowest BCUT2D eigenvalue weighted by Gasteiger charge is -2.46. The summed E-state index contributed by atoms with van der Waals surface area (Å²) >= 11 is 2.85. The highest BCUT2D eigenvalue weighted by molar-refractivity contribution is 8.03. The van der Waals surface area contributed by atoms with Crippen LogP contribution in [0.4, 0.5) is 11.4 Å². The van der Waals surface area contributed by atoms with Crippen molar-refractivity contribution in [3.63, 3.8) is 0 Å². The smallest absolute Gasteiger partial charge is 0.353 e. The molecule has 0 aromatic heterocycles. The van der Waals surface area contributed by atoms with Crippen molar-refractivity contribution < 1.29 is 68.6 Å². The van der Waals surface area contributed by atoms with E-state index in [1.165, 1.54) is 66.9 Å². The molecular formula is C46H54N6O14S2. The Bertz CT molecular complexity index is 2450. The molecule has 0 spiro atoms. The van der Waals surface area contributed by atoms with Gasteiger partial charge in [-0.25, -0.2) is 19.2 Å². The van der Waals surface area contributed by atoms with Crippen molar-refractivity contribution >= 4 is 88.2 Å². The van der Waals surface area contributed by atoms with Gasteiger partial charge in [0.1, 0.15) is 23.4 Å². The van der Waals surface area contributed by atoms with Crippen LogP contribution in [-0.4, -0.2) is 149 Å². The minimum absolute atomic E-state index is 0.0112. The number of aliphatic imine (C=N–C) groups is 1. The fourth-order valence-electron chi connectivity index (χ4n) is 9.97. The maximum Gasteiger partial charge on any atom is 0.353 e. The van der Waals surface area contributed by atoms with Crippen molar-refractivity contribution in [1.82, 2.24) is 15.5 Å². The number of thioether (sulfide) groups is 2. The summed E-state index contributed by atoms with van der Waals surface area (Å²) in [6.07, 6.45) is -1.03. The molecule has 12 unspecified atom stereocenters. The number of hydrogen-bond donors (Lipinski definition) is 9. The van der Waals surface area contributed by atoms with Crippen LogP contribution in [0.15, 0.2) is 64.1 Å². The Morgan fingerprint density at radius 2 is 1.43 bits per heavy atom. The first-order valence-corrected chi connectivity index (χ1v) is 24.2. The molecule has 2 aromatic carbocycles. The van der Waals surface area contributed by atoms with Gasteiger partial charge in [0.2, 0.25) is 17.7 Å². The van der Waals surface area contributed by atoms with Gasteiger partial charge in [0.25, 0.3) is 0 Å². The number of rotatable bonds is 19. The first-order chi connectivity index (χ1) is 32.2. The van der Waals surface area contributed by atoms with Crippen molar-refractivity contribution in [3.05, 3.63) is 70.3 Å². The maximum absolute atomic E-state index is 13.5. The summed E-state index contributed by atoms with van der Waals surface area (Å²) < 4.78 is 5.68. The van der Waals surface area contributed by atoms with Crippen molar-refractivity contribution in [1.29, 1.82) is 0 Å². The summed E-state index contributed by atoms with van der Waals surface area (Å²) in [4.78, 5) is 108. The molecule has 22 heteroatoms. The van der Waals surface area contributed by atoms with E-state index in [9.17, 15) is 63.9 Å². The van der Waals surface area contributed by atoms with Crippen LogP contribution in [-0.2, 0) is 33.5 Å². The number of anilines is 2. The van der Waals surface area contributed by atoms with Crippen LogP contribution in [0.3, 0.4) is 0 Å². The monoisotopic (exact) mass is 978 g/mol. The molecule has 0 bridgehead atoms. The van der Waals surface area contributed by atoms with E-state index in [1.54, 1.807) is 30.8 Å². The highest BCUT2D eigenvalue weighted by atomic mass is 32.2. The Kier molecular flexibility index (Phi) is 15.3. The number of β-lactam (4-membered cyclic amide) rings is 1. The van der Waals surface area contributed by atoms with Crippen LogP contribution in [0.5, 0.6) is 0 Å². The van der Waals surface area contributed by atoms with E-state index in [1.807, 2.05) is 6.92 Å². The summed E-state index contributed by atoms with van der Waals surface area (Å²) in [6, 6.07) is 9.13. The second-order valence-corrected chi connectivity index (χ2v) is 20.6. The number of aliphatic hydroxyl groups excluding tert-OH is 1. The first kappa shape index (κ1) is 50.1. The van der Waals surface area contributed by atoms with Crippen LogP contribution >= 0.6 is 23.5 Å². The van der Waals surface area contributed by atoms with Gasteiger partial charge in [0.15, 0.2) is 0 Å². The second kappa shape index (κ2) is 20.8. The number of nitrogens with zero attached hydrogens (tertiary/aromatic N) is 2. The predicted octanol–water partition coefficient (Wildman–Crippen LogP) is 2.84. The number of esters is 1. The Morgan fingerprint density at radius 3 is 2.00 bits per heavy atom. The van der Waals surface area contributed by atoms with Gasteiger partial charge < -0.3 is 56.4 Å². The maximum atomic E-state index is 13.5. The number of benzene rings is 2. The molecule has 0 radical (unpaired) electrons. The number of carboxylic acid groups (broad SMARTS) is 4. The molecule has 3 amide bonds. The molecule has 9 N–H and O–H groups in total. The lowest BCUT2D eigenvalue weighted by atomic mass is 9.79. The lowest BCUT2D eigenvalue weighted by Crippen LogP contribution is -2.63. The molecule has 5 heterocycles. The highest BCUT2D eigenvalue weighted by Crippen LogP contribution is 2.52. The molecule has 2 aromatic rings. The molecule has 5 aliphatic heterocycles. The molecule has 5 aliphatic rings. The highest BCUT2D eigenvalue weighted by Gasteiger charge is 2.60. The molecule has 68 heavy (non-hydrogen) atoms. The molecule has 20 nitrogen and oxygen atoms in total. The Labute approximate surface area is 399 Å². The van der Waals surface area contributed by atoms with Gasteiger partial charge in [-0.1, -0.05) is 26.0 Å². The largest absolute Gasteiger partial charge is 0.481 e. The van der Waals surface area contributed by atoms with E-state index in [0.29, 0.717) is 48.7 Å². The van der Waals surface area contributed by atoms with E-state index in [0.717, 1.165) is 0 Å². The zero-order valence-electron chi connectivity index (χ0n) is 37.5. The molecule has 7 rings (SSSR count). The number of carboxylic acids is 4. The number of carbonyl (C=O) groups is 8. The minimum atomic E-state index is -1.40. The Balaban J connectivity index is 0.906. The van der Waals surface area contributed by atoms with E-state index in [-0.39, 0.29) is 50.5 Å². The third-order valence-corrected chi connectivity index (χ3v) is 16.2. The molecule has 13 atom stereocenters. The summed E-state index contributed by atoms with van der Waals surface area (Å²) in [7, 11) is 0. The molecule has 0 aliphatic carbocycles. The van der Waals surface area contributed by atoms with E-state index in [2.05, 4.69) is 26.3 Å². The minimum Gasteiger partial charge on any atom is -0.481 e. The normalized spacial score (nSPS) is 28.8. The summed E-state index contributed by atoms with van der Waals surface area (Å²) in [5.41, 5.74) is 0.417. The number of aromatic carboxylic acids is 1. The van der Waals surface area contributed by atoms with Gasteiger partial charge in [-0.2, -0.15) is 11.8 Å². The molecule has 3 saturated heterocycles. The number of aliphatic hydroxyl groups is 1.